The van der Waals surface area contributed by atoms with E-state index in [2.05, 4.69) is 69.8 Å². The van der Waals surface area contributed by atoms with Crippen molar-refractivity contribution in [3.8, 4) is 0 Å². The summed E-state index contributed by atoms with van der Waals surface area (Å²) in [5.41, 5.74) is 8.01. The van der Waals surface area contributed by atoms with Crippen molar-refractivity contribution in [1.82, 2.24) is 15.1 Å². The molecule has 6 aliphatic rings. The van der Waals surface area contributed by atoms with Crippen LogP contribution in [0.4, 0.5) is 0 Å². The van der Waals surface area contributed by atoms with Crippen LogP contribution in [-0.2, 0) is 14.3 Å². The van der Waals surface area contributed by atoms with Gasteiger partial charge in [0.25, 0.3) is 0 Å². The molecular weight excluding hydrogens is 621 g/mol. The molecule has 0 aromatic carbocycles. The van der Waals surface area contributed by atoms with Gasteiger partial charge in [0.1, 0.15) is 11.4 Å². The van der Waals surface area contributed by atoms with Gasteiger partial charge in [0, 0.05) is 71.2 Å². The summed E-state index contributed by atoms with van der Waals surface area (Å²) in [5.74, 6) is 2.45. The van der Waals surface area contributed by atoms with Crippen molar-refractivity contribution in [2.45, 2.75) is 57.6 Å². The molecule has 0 spiro atoms. The van der Waals surface area contributed by atoms with Gasteiger partial charge in [-0.3, -0.25) is 14.9 Å². The molecule has 0 aromatic heterocycles. The van der Waals surface area contributed by atoms with Crippen LogP contribution in [0.25, 0.3) is 0 Å². The van der Waals surface area contributed by atoms with Gasteiger partial charge in [-0.2, -0.15) is 0 Å². The minimum absolute atomic E-state index is 0.0346. The molecule has 0 saturated heterocycles. The molecule has 1 N–H and O–H groups in total. The smallest absolute Gasteiger partial charge is 0.240 e. The Morgan fingerprint density at radius 3 is 1.84 bits per heavy atom. The summed E-state index contributed by atoms with van der Waals surface area (Å²) in [6, 6.07) is 0. The molecule has 2 amide bonds. The van der Waals surface area contributed by atoms with Crippen molar-refractivity contribution >= 4 is 58.5 Å². The van der Waals surface area contributed by atoms with Crippen molar-refractivity contribution in [1.29, 1.82) is 0 Å². The molecule has 0 fully saturated rings. The molecule has 6 atom stereocenters. The van der Waals surface area contributed by atoms with Gasteiger partial charge >= 0.3 is 0 Å². The van der Waals surface area contributed by atoms with Gasteiger partial charge in [-0.05, 0) is 69.6 Å². The van der Waals surface area contributed by atoms with Gasteiger partial charge in [-0.15, -0.1) is 46.7 Å². The lowest BCUT2D eigenvalue weighted by molar-refractivity contribution is -0.129. The van der Waals surface area contributed by atoms with Gasteiger partial charge in [-0.25, -0.2) is 0 Å². The number of carbonyl (C=O) groups is 2. The van der Waals surface area contributed by atoms with Crippen LogP contribution in [-0.4, -0.2) is 75.7 Å². The van der Waals surface area contributed by atoms with E-state index in [1.807, 2.05) is 21.6 Å². The highest BCUT2D eigenvalue weighted by molar-refractivity contribution is 8.03. The molecule has 4 aliphatic heterocycles. The van der Waals surface area contributed by atoms with E-state index in [0.29, 0.717) is 36.0 Å². The lowest BCUT2D eigenvalue weighted by Gasteiger charge is -2.35. The number of halogens is 2. The monoisotopic (exact) mass is 661 g/mol. The predicted molar refractivity (Wildman–Crippen MR) is 179 cm³/mol. The first-order valence-corrected chi connectivity index (χ1v) is 18.0. The fraction of sp³-hybridized carbons (Fsp3) is 0.576. The molecular formula is C33H41Cl2N3O3S2. The number of hydrogen-bond donors (Lipinski definition) is 1. The van der Waals surface area contributed by atoms with Crippen LogP contribution in [0.5, 0.6) is 0 Å². The number of nitrogens with one attached hydrogen (secondary N) is 1. The summed E-state index contributed by atoms with van der Waals surface area (Å²) in [6.45, 7) is 13.9. The summed E-state index contributed by atoms with van der Waals surface area (Å²) in [6.07, 6.45) is 4.23. The second-order valence-corrected chi connectivity index (χ2v) is 16.1. The topological polar surface area (TPSA) is 61.9 Å². The number of alkyl halides is 2. The summed E-state index contributed by atoms with van der Waals surface area (Å²) >= 11 is 16.6. The zero-order chi connectivity index (χ0) is 30.8. The zero-order valence-electron chi connectivity index (χ0n) is 25.7. The Morgan fingerprint density at radius 1 is 0.837 bits per heavy atom. The maximum absolute atomic E-state index is 13.7. The van der Waals surface area contributed by atoms with Gasteiger partial charge < -0.3 is 14.5 Å². The summed E-state index contributed by atoms with van der Waals surface area (Å²) in [7, 11) is 0. The van der Waals surface area contributed by atoms with E-state index in [9.17, 15) is 9.59 Å². The van der Waals surface area contributed by atoms with E-state index in [4.69, 9.17) is 27.9 Å². The van der Waals surface area contributed by atoms with E-state index < -0.39 is 0 Å². The number of carbonyl (C=O) groups excluding carboxylic acids is 2. The number of hydrogen-bond acceptors (Lipinski definition) is 6. The van der Waals surface area contributed by atoms with Crippen LogP contribution in [0.3, 0.4) is 0 Å². The van der Waals surface area contributed by atoms with Crippen molar-refractivity contribution in [3.05, 3.63) is 68.0 Å². The molecule has 0 aromatic rings. The number of amides is 2. The molecule has 10 heteroatoms. The van der Waals surface area contributed by atoms with Crippen LogP contribution in [0.15, 0.2) is 68.0 Å². The van der Waals surface area contributed by atoms with Crippen LogP contribution in [0.2, 0.25) is 0 Å². The molecule has 43 heavy (non-hydrogen) atoms. The van der Waals surface area contributed by atoms with Crippen LogP contribution in [0.1, 0.15) is 41.5 Å². The molecule has 4 heterocycles. The number of thioether (sulfide) groups is 2. The fourth-order valence-corrected chi connectivity index (χ4v) is 10.5. The first-order valence-electron chi connectivity index (χ1n) is 15.1. The Kier molecular flexibility index (Phi) is 8.75. The summed E-state index contributed by atoms with van der Waals surface area (Å²) < 4.78 is 6.43. The van der Waals surface area contributed by atoms with E-state index in [-0.39, 0.29) is 53.5 Å². The number of nitrogens with zero attached hydrogens (tertiary/aromatic N) is 2. The Balaban J connectivity index is 1.16. The fourth-order valence-electron chi connectivity index (χ4n) is 7.43. The normalized spacial score (nSPS) is 31.3. The largest absolute Gasteiger partial charge is 0.491 e. The third kappa shape index (κ3) is 5.58. The van der Waals surface area contributed by atoms with Crippen molar-refractivity contribution in [2.24, 2.45) is 23.7 Å². The van der Waals surface area contributed by atoms with E-state index in [1.165, 1.54) is 27.9 Å². The zero-order valence-corrected chi connectivity index (χ0v) is 28.9. The molecule has 0 radical (unpaired) electrons. The first kappa shape index (κ1) is 31.4. The molecule has 4 unspecified atom stereocenters. The van der Waals surface area contributed by atoms with Gasteiger partial charge in [-0.1, -0.05) is 16.7 Å². The number of rotatable bonds is 7. The lowest BCUT2D eigenvalue weighted by Crippen LogP contribution is -2.42. The molecule has 6 nitrogen and oxygen atoms in total. The van der Waals surface area contributed by atoms with Crippen molar-refractivity contribution in [2.75, 3.05) is 37.9 Å². The Bertz CT molecular complexity index is 1420. The molecule has 0 bridgehead atoms. The molecule has 2 aliphatic carbocycles. The summed E-state index contributed by atoms with van der Waals surface area (Å²) in [4.78, 5) is 31.0. The Labute approximate surface area is 274 Å². The number of fused-ring (bicyclic) bond motifs is 4. The predicted octanol–water partition coefficient (Wildman–Crippen LogP) is 6.42. The minimum Gasteiger partial charge on any atom is -0.491 e. The minimum atomic E-state index is -0.349. The second kappa shape index (κ2) is 12.0. The third-order valence-electron chi connectivity index (χ3n) is 9.24. The van der Waals surface area contributed by atoms with Crippen LogP contribution >= 0.6 is 46.7 Å². The van der Waals surface area contributed by atoms with E-state index in [0.717, 1.165) is 17.2 Å². The van der Waals surface area contributed by atoms with E-state index in [1.54, 1.807) is 11.8 Å². The van der Waals surface area contributed by atoms with Crippen LogP contribution in [0, 0.1) is 23.7 Å². The average Bonchev–Trinajstić information content (AvgIpc) is 3.71. The lowest BCUT2D eigenvalue weighted by atomic mass is 9.78. The highest BCUT2D eigenvalue weighted by Gasteiger charge is 2.48. The average molecular weight is 663 g/mol. The van der Waals surface area contributed by atoms with E-state index >= 15 is 0 Å². The SMILES string of the molecule is CC1=CC2=C(C3C(C)=CSC13)[C@H](CCl)CN2C(=O)CNCC(=O)N1C[C@@H](CCl)C2=C1C=C(OC(C)(C)C)C1SC=C(C)C21. The number of ether oxygens (including phenoxy) is 1. The highest BCUT2D eigenvalue weighted by atomic mass is 35.5. The van der Waals surface area contributed by atoms with Crippen molar-refractivity contribution in [3.63, 3.8) is 0 Å². The van der Waals surface area contributed by atoms with Gasteiger partial charge in [0.05, 0.1) is 18.3 Å². The summed E-state index contributed by atoms with van der Waals surface area (Å²) in [5, 5.41) is 8.20. The number of allylic oxidation sites excluding steroid dienone is 4. The van der Waals surface area contributed by atoms with Gasteiger partial charge in [0.15, 0.2) is 0 Å². The maximum atomic E-state index is 13.7. The quantitative estimate of drug-likeness (QED) is 0.318. The van der Waals surface area contributed by atoms with Crippen LogP contribution < -0.4 is 5.32 Å². The molecule has 6 rings (SSSR count). The Hall–Kier alpha value is -1.58. The first-order chi connectivity index (χ1) is 20.4. The molecule has 232 valence electrons. The van der Waals surface area contributed by atoms with Crippen molar-refractivity contribution < 1.29 is 14.3 Å². The highest BCUT2D eigenvalue weighted by Crippen LogP contribution is 2.54. The van der Waals surface area contributed by atoms with Gasteiger partial charge in [0.2, 0.25) is 11.8 Å². The maximum Gasteiger partial charge on any atom is 0.240 e. The standard InChI is InChI=1S/C33H41Cl2N3O3S2/c1-17-7-22-29(27-18(2)15-42-31(17)27)20(9-34)13-37(22)25(39)11-36-12-26(40)38-14-21(10-35)30-23(38)8-24(41-33(4,5)6)32-28(30)19(3)16-43-32/h7-8,15-16,20-21,27-28,31-32,36H,9-14H2,1-6H3/t20-,21-,27?,28?,31?,32?/m1/s1. The molecule has 0 saturated carbocycles. The third-order valence-corrected chi connectivity index (χ3v) is 12.7. The second-order valence-electron chi connectivity index (χ2n) is 13.4. The Morgan fingerprint density at radius 2 is 1.33 bits per heavy atom.